The minimum Gasteiger partial charge on any atom is -0.461 e. The van der Waals surface area contributed by atoms with E-state index in [0.29, 0.717) is 13.2 Å². The van der Waals surface area contributed by atoms with E-state index in [9.17, 15) is 0 Å². The molecule has 0 aliphatic carbocycles. The first-order valence-corrected chi connectivity index (χ1v) is 6.40. The van der Waals surface area contributed by atoms with Gasteiger partial charge in [0.15, 0.2) is 0 Å². The molecule has 3 heterocycles. The standard InChI is InChI=1S/C13H17N5O2/c1-8-11-10(6-19-13(2,3)20-11)9(4-15-8)5-18-7-16-12(14)17-18/h4,7H,5-6H2,1-3H3,(H2,14,17). The second-order valence-corrected chi connectivity index (χ2v) is 5.27. The number of anilines is 1. The van der Waals surface area contributed by atoms with Crippen LogP contribution in [0.3, 0.4) is 0 Å². The lowest BCUT2D eigenvalue weighted by Gasteiger charge is -2.34. The highest BCUT2D eigenvalue weighted by Gasteiger charge is 2.30. The van der Waals surface area contributed by atoms with E-state index in [0.717, 1.165) is 22.6 Å². The highest BCUT2D eigenvalue weighted by molar-refractivity contribution is 5.43. The number of nitrogens with two attached hydrogens (primary N) is 1. The lowest BCUT2D eigenvalue weighted by atomic mass is 10.1. The van der Waals surface area contributed by atoms with Crippen LogP contribution in [0, 0.1) is 6.92 Å². The Balaban J connectivity index is 1.97. The van der Waals surface area contributed by atoms with Crippen molar-refractivity contribution in [3.63, 3.8) is 0 Å². The van der Waals surface area contributed by atoms with Crippen molar-refractivity contribution < 1.29 is 9.47 Å². The Morgan fingerprint density at radius 3 is 2.90 bits per heavy atom. The van der Waals surface area contributed by atoms with Crippen LogP contribution in [0.15, 0.2) is 12.5 Å². The number of hydrogen-bond acceptors (Lipinski definition) is 6. The van der Waals surface area contributed by atoms with Gasteiger partial charge in [0.25, 0.3) is 0 Å². The highest BCUT2D eigenvalue weighted by atomic mass is 16.7. The molecule has 0 amide bonds. The Bertz CT molecular complexity index is 650. The van der Waals surface area contributed by atoms with Crippen molar-refractivity contribution >= 4 is 5.95 Å². The van der Waals surface area contributed by atoms with Crippen molar-refractivity contribution in [2.75, 3.05) is 5.73 Å². The number of ether oxygens (including phenoxy) is 2. The second kappa shape index (κ2) is 4.45. The molecule has 2 N–H and O–H groups in total. The summed E-state index contributed by atoms with van der Waals surface area (Å²) >= 11 is 0. The first-order chi connectivity index (χ1) is 9.44. The molecule has 7 heteroatoms. The number of hydrogen-bond donors (Lipinski definition) is 1. The van der Waals surface area contributed by atoms with Gasteiger partial charge in [-0.3, -0.25) is 4.98 Å². The maximum atomic E-state index is 5.88. The van der Waals surface area contributed by atoms with Gasteiger partial charge in [-0.1, -0.05) is 0 Å². The molecule has 106 valence electrons. The Morgan fingerprint density at radius 2 is 2.20 bits per heavy atom. The number of rotatable bonds is 2. The summed E-state index contributed by atoms with van der Waals surface area (Å²) in [7, 11) is 0. The minimum atomic E-state index is -0.629. The smallest absolute Gasteiger partial charge is 0.239 e. The Labute approximate surface area is 116 Å². The number of pyridine rings is 1. The van der Waals surface area contributed by atoms with E-state index >= 15 is 0 Å². The van der Waals surface area contributed by atoms with E-state index in [4.69, 9.17) is 15.2 Å². The Morgan fingerprint density at radius 1 is 1.40 bits per heavy atom. The molecule has 0 fully saturated rings. The van der Waals surface area contributed by atoms with Crippen molar-refractivity contribution in [3.8, 4) is 5.75 Å². The zero-order valence-corrected chi connectivity index (χ0v) is 11.8. The van der Waals surface area contributed by atoms with Crippen LogP contribution in [0.5, 0.6) is 5.75 Å². The van der Waals surface area contributed by atoms with Gasteiger partial charge in [-0.05, 0) is 6.92 Å². The lowest BCUT2D eigenvalue weighted by molar-refractivity contribution is -0.180. The topological polar surface area (TPSA) is 88.1 Å². The molecule has 7 nitrogen and oxygen atoms in total. The largest absolute Gasteiger partial charge is 0.461 e. The zero-order chi connectivity index (χ0) is 14.3. The highest BCUT2D eigenvalue weighted by Crippen LogP contribution is 2.35. The Hall–Kier alpha value is -2.15. The average molecular weight is 275 g/mol. The fourth-order valence-corrected chi connectivity index (χ4v) is 2.19. The van der Waals surface area contributed by atoms with Crippen LogP contribution in [-0.4, -0.2) is 25.5 Å². The van der Waals surface area contributed by atoms with Gasteiger partial charge in [0.1, 0.15) is 12.1 Å². The molecule has 1 aliphatic rings. The van der Waals surface area contributed by atoms with E-state index in [1.54, 1.807) is 11.0 Å². The molecule has 1 aliphatic heterocycles. The molecule has 0 aromatic carbocycles. The predicted octanol–water partition coefficient (Wildman–Crippen LogP) is 1.26. The van der Waals surface area contributed by atoms with E-state index in [1.807, 2.05) is 27.0 Å². The molecule has 3 rings (SSSR count). The molecule has 0 atom stereocenters. The fraction of sp³-hybridized carbons (Fsp3) is 0.462. The zero-order valence-electron chi connectivity index (χ0n) is 11.8. The van der Waals surface area contributed by atoms with Gasteiger partial charge in [0, 0.05) is 31.2 Å². The molecule has 0 unspecified atom stereocenters. The number of nitrogens with zero attached hydrogens (tertiary/aromatic N) is 4. The summed E-state index contributed by atoms with van der Waals surface area (Å²) in [4.78, 5) is 8.30. The van der Waals surface area contributed by atoms with Crippen molar-refractivity contribution in [3.05, 3.63) is 29.3 Å². The summed E-state index contributed by atoms with van der Waals surface area (Å²) in [5.41, 5.74) is 8.38. The van der Waals surface area contributed by atoms with Gasteiger partial charge in [-0.15, -0.1) is 5.10 Å². The molecule has 2 aromatic heterocycles. The molecule has 0 saturated carbocycles. The van der Waals surface area contributed by atoms with Gasteiger partial charge in [0.2, 0.25) is 11.7 Å². The van der Waals surface area contributed by atoms with Crippen molar-refractivity contribution in [1.29, 1.82) is 0 Å². The van der Waals surface area contributed by atoms with E-state index < -0.39 is 5.79 Å². The summed E-state index contributed by atoms with van der Waals surface area (Å²) in [5, 5.41) is 4.08. The fourth-order valence-electron chi connectivity index (χ4n) is 2.19. The maximum Gasteiger partial charge on any atom is 0.239 e. The van der Waals surface area contributed by atoms with Gasteiger partial charge < -0.3 is 15.2 Å². The Kier molecular flexibility index (Phi) is 2.86. The predicted molar refractivity (Wildman–Crippen MR) is 72.0 cm³/mol. The summed E-state index contributed by atoms with van der Waals surface area (Å²) in [6.45, 7) is 6.73. The first-order valence-electron chi connectivity index (χ1n) is 6.40. The number of fused-ring (bicyclic) bond motifs is 1. The summed E-state index contributed by atoms with van der Waals surface area (Å²) < 4.78 is 13.3. The molecule has 0 spiro atoms. The third-order valence-electron chi connectivity index (χ3n) is 3.20. The van der Waals surface area contributed by atoms with Crippen LogP contribution in [0.2, 0.25) is 0 Å². The molecular formula is C13H17N5O2. The quantitative estimate of drug-likeness (QED) is 0.887. The summed E-state index contributed by atoms with van der Waals surface area (Å²) in [5.74, 6) is 0.426. The van der Waals surface area contributed by atoms with E-state index in [2.05, 4.69) is 15.1 Å². The van der Waals surface area contributed by atoms with E-state index in [-0.39, 0.29) is 5.95 Å². The van der Waals surface area contributed by atoms with Gasteiger partial charge in [-0.25, -0.2) is 9.67 Å². The monoisotopic (exact) mass is 275 g/mol. The molecule has 2 aromatic rings. The minimum absolute atomic E-state index is 0.257. The molecule has 0 radical (unpaired) electrons. The van der Waals surface area contributed by atoms with Crippen LogP contribution in [0.25, 0.3) is 0 Å². The summed E-state index contributed by atoms with van der Waals surface area (Å²) in [6.07, 6.45) is 3.41. The van der Waals surface area contributed by atoms with E-state index in [1.165, 1.54) is 0 Å². The summed E-state index contributed by atoms with van der Waals surface area (Å²) in [6, 6.07) is 0. The molecule has 20 heavy (non-hydrogen) atoms. The third-order valence-corrected chi connectivity index (χ3v) is 3.20. The van der Waals surface area contributed by atoms with Crippen molar-refractivity contribution in [2.24, 2.45) is 0 Å². The van der Waals surface area contributed by atoms with Gasteiger partial charge in [-0.2, -0.15) is 0 Å². The molecule has 0 saturated heterocycles. The van der Waals surface area contributed by atoms with Gasteiger partial charge >= 0.3 is 0 Å². The number of aryl methyl sites for hydroxylation is 1. The lowest BCUT2D eigenvalue weighted by Crippen LogP contribution is -2.36. The van der Waals surface area contributed by atoms with Crippen LogP contribution < -0.4 is 10.5 Å². The molecule has 0 bridgehead atoms. The van der Waals surface area contributed by atoms with Crippen LogP contribution in [0.1, 0.15) is 30.7 Å². The number of aromatic nitrogens is 4. The van der Waals surface area contributed by atoms with Crippen molar-refractivity contribution in [1.82, 2.24) is 19.7 Å². The second-order valence-electron chi connectivity index (χ2n) is 5.27. The van der Waals surface area contributed by atoms with Crippen LogP contribution in [-0.2, 0) is 17.9 Å². The maximum absolute atomic E-state index is 5.88. The van der Waals surface area contributed by atoms with Gasteiger partial charge in [0.05, 0.1) is 18.8 Å². The van der Waals surface area contributed by atoms with Crippen LogP contribution in [0.4, 0.5) is 5.95 Å². The van der Waals surface area contributed by atoms with Crippen molar-refractivity contribution in [2.45, 2.75) is 39.7 Å². The van der Waals surface area contributed by atoms with Crippen LogP contribution >= 0.6 is 0 Å². The average Bonchev–Trinajstić information content (AvgIpc) is 2.78. The molecular weight excluding hydrogens is 258 g/mol. The third kappa shape index (κ3) is 2.32. The first kappa shape index (κ1) is 12.9. The SMILES string of the molecule is Cc1ncc(Cn2cnc(N)n2)c2c1OC(C)(C)OC2. The normalized spacial score (nSPS) is 16.6. The number of nitrogen functional groups attached to an aromatic ring is 1.